The molecule has 2 aromatic rings. The first-order chi connectivity index (χ1) is 8.78. The number of hydrogen-bond donors (Lipinski definition) is 2. The van der Waals surface area contributed by atoms with Crippen LogP contribution in [-0.4, -0.2) is 17.6 Å². The number of thiophene rings is 1. The van der Waals surface area contributed by atoms with Crippen molar-refractivity contribution in [1.29, 1.82) is 0 Å². The lowest BCUT2D eigenvalue weighted by atomic mass is 10.1. The summed E-state index contributed by atoms with van der Waals surface area (Å²) in [4.78, 5) is 12.8. The van der Waals surface area contributed by atoms with Crippen LogP contribution in [0.5, 0.6) is 0 Å². The van der Waals surface area contributed by atoms with Crippen LogP contribution in [0.1, 0.15) is 10.4 Å². The van der Waals surface area contributed by atoms with Crippen molar-refractivity contribution in [2.75, 3.05) is 11.9 Å². The fourth-order valence-electron chi connectivity index (χ4n) is 1.66. The van der Waals surface area contributed by atoms with Crippen LogP contribution in [-0.2, 0) is 17.6 Å². The fourth-order valence-corrected chi connectivity index (χ4v) is 2.36. The predicted molar refractivity (Wildman–Crippen MR) is 73.9 cm³/mol. The van der Waals surface area contributed by atoms with Crippen molar-refractivity contribution >= 4 is 22.9 Å². The summed E-state index contributed by atoms with van der Waals surface area (Å²) >= 11 is 1.58. The third kappa shape index (κ3) is 3.68. The van der Waals surface area contributed by atoms with Gasteiger partial charge < -0.3 is 10.4 Å². The SMILES string of the molecule is O=C(Cc1cccs1)Nc1ccc(CCO)cc1. The number of hydrogen-bond acceptors (Lipinski definition) is 3. The van der Waals surface area contributed by atoms with E-state index >= 15 is 0 Å². The summed E-state index contributed by atoms with van der Waals surface area (Å²) in [7, 11) is 0. The maximum absolute atomic E-state index is 11.7. The van der Waals surface area contributed by atoms with Gasteiger partial charge in [0.15, 0.2) is 0 Å². The van der Waals surface area contributed by atoms with Crippen molar-refractivity contribution in [3.8, 4) is 0 Å². The highest BCUT2D eigenvalue weighted by Gasteiger charge is 2.04. The van der Waals surface area contributed by atoms with Gasteiger partial charge in [0.25, 0.3) is 0 Å². The van der Waals surface area contributed by atoms with E-state index in [1.54, 1.807) is 11.3 Å². The lowest BCUT2D eigenvalue weighted by Crippen LogP contribution is -2.13. The lowest BCUT2D eigenvalue weighted by Gasteiger charge is -2.05. The third-order valence-electron chi connectivity index (χ3n) is 2.55. The molecule has 0 saturated carbocycles. The van der Waals surface area contributed by atoms with Gasteiger partial charge in [-0.2, -0.15) is 0 Å². The second-order valence-electron chi connectivity index (χ2n) is 3.97. The minimum absolute atomic E-state index is 0.00708. The minimum Gasteiger partial charge on any atom is -0.396 e. The summed E-state index contributed by atoms with van der Waals surface area (Å²) in [6.45, 7) is 0.143. The van der Waals surface area contributed by atoms with E-state index in [2.05, 4.69) is 5.32 Å². The molecule has 0 aliphatic carbocycles. The molecule has 0 atom stereocenters. The summed E-state index contributed by atoms with van der Waals surface area (Å²) < 4.78 is 0. The average molecular weight is 261 g/mol. The number of anilines is 1. The van der Waals surface area contributed by atoms with Crippen molar-refractivity contribution in [1.82, 2.24) is 0 Å². The maximum atomic E-state index is 11.7. The van der Waals surface area contributed by atoms with Gasteiger partial charge in [0.05, 0.1) is 6.42 Å². The van der Waals surface area contributed by atoms with E-state index < -0.39 is 0 Å². The second-order valence-corrected chi connectivity index (χ2v) is 5.01. The molecule has 3 nitrogen and oxygen atoms in total. The first-order valence-corrected chi connectivity index (χ1v) is 6.68. The zero-order chi connectivity index (χ0) is 12.8. The molecule has 0 aliphatic heterocycles. The van der Waals surface area contributed by atoms with Crippen LogP contribution in [0.4, 0.5) is 5.69 Å². The molecule has 94 valence electrons. The van der Waals surface area contributed by atoms with E-state index in [0.29, 0.717) is 12.8 Å². The Labute approximate surface area is 110 Å². The van der Waals surface area contributed by atoms with Gasteiger partial charge in [0.1, 0.15) is 0 Å². The number of nitrogens with one attached hydrogen (secondary N) is 1. The van der Waals surface area contributed by atoms with Gasteiger partial charge in [-0.15, -0.1) is 11.3 Å². The van der Waals surface area contributed by atoms with Crippen molar-refractivity contribution in [3.63, 3.8) is 0 Å². The Kier molecular flexibility index (Phi) is 4.50. The molecule has 2 N–H and O–H groups in total. The average Bonchev–Trinajstić information content (AvgIpc) is 2.84. The molecular weight excluding hydrogens is 246 g/mol. The number of rotatable bonds is 5. The topological polar surface area (TPSA) is 49.3 Å². The van der Waals surface area contributed by atoms with Gasteiger partial charge in [-0.25, -0.2) is 0 Å². The zero-order valence-electron chi connectivity index (χ0n) is 9.93. The van der Waals surface area contributed by atoms with E-state index in [1.807, 2.05) is 41.8 Å². The summed E-state index contributed by atoms with van der Waals surface area (Å²) in [5.74, 6) is -0.00708. The van der Waals surface area contributed by atoms with Gasteiger partial charge >= 0.3 is 0 Å². The van der Waals surface area contributed by atoms with E-state index in [9.17, 15) is 4.79 Å². The molecule has 0 radical (unpaired) electrons. The molecule has 0 bridgehead atoms. The van der Waals surface area contributed by atoms with Crippen LogP contribution in [0.25, 0.3) is 0 Å². The Morgan fingerprint density at radius 2 is 2.00 bits per heavy atom. The first-order valence-electron chi connectivity index (χ1n) is 5.80. The van der Waals surface area contributed by atoms with Gasteiger partial charge in [-0.1, -0.05) is 18.2 Å². The molecule has 0 saturated heterocycles. The second kappa shape index (κ2) is 6.33. The highest BCUT2D eigenvalue weighted by molar-refractivity contribution is 7.10. The monoisotopic (exact) mass is 261 g/mol. The molecule has 0 spiro atoms. The highest BCUT2D eigenvalue weighted by atomic mass is 32.1. The summed E-state index contributed by atoms with van der Waals surface area (Å²) in [5, 5.41) is 13.6. The minimum atomic E-state index is -0.00708. The zero-order valence-corrected chi connectivity index (χ0v) is 10.7. The van der Waals surface area contributed by atoms with Crippen molar-refractivity contribution in [2.45, 2.75) is 12.8 Å². The van der Waals surface area contributed by atoms with Crippen LogP contribution in [0, 0.1) is 0 Å². The molecule has 1 heterocycles. The van der Waals surface area contributed by atoms with Gasteiger partial charge in [0.2, 0.25) is 5.91 Å². The molecule has 1 aromatic heterocycles. The smallest absolute Gasteiger partial charge is 0.229 e. The molecule has 0 aliphatic rings. The maximum Gasteiger partial charge on any atom is 0.229 e. The van der Waals surface area contributed by atoms with E-state index in [0.717, 1.165) is 16.1 Å². The molecule has 18 heavy (non-hydrogen) atoms. The molecule has 0 unspecified atom stereocenters. The number of aliphatic hydroxyl groups is 1. The van der Waals surface area contributed by atoms with Gasteiger partial charge in [0, 0.05) is 17.2 Å². The van der Waals surface area contributed by atoms with E-state index in [1.165, 1.54) is 0 Å². The van der Waals surface area contributed by atoms with Crippen molar-refractivity contribution in [3.05, 3.63) is 52.2 Å². The summed E-state index contributed by atoms with van der Waals surface area (Å²) in [6.07, 6.45) is 1.06. The molecule has 4 heteroatoms. The largest absolute Gasteiger partial charge is 0.396 e. The summed E-state index contributed by atoms with van der Waals surface area (Å²) in [5.41, 5.74) is 1.85. The van der Waals surface area contributed by atoms with Crippen molar-refractivity contribution < 1.29 is 9.90 Å². The highest BCUT2D eigenvalue weighted by Crippen LogP contribution is 2.13. The molecule has 1 amide bonds. The molecule has 2 rings (SSSR count). The first kappa shape index (κ1) is 12.8. The Morgan fingerprint density at radius 1 is 1.22 bits per heavy atom. The van der Waals surface area contributed by atoms with Crippen LogP contribution >= 0.6 is 11.3 Å². The van der Waals surface area contributed by atoms with E-state index in [-0.39, 0.29) is 12.5 Å². The molecular formula is C14H15NO2S. The number of carbonyl (C=O) groups excluding carboxylic acids is 1. The fraction of sp³-hybridized carbons (Fsp3) is 0.214. The Balaban J connectivity index is 1.90. The quantitative estimate of drug-likeness (QED) is 0.868. The number of amides is 1. The summed E-state index contributed by atoms with van der Waals surface area (Å²) in [6, 6.07) is 11.4. The van der Waals surface area contributed by atoms with Crippen LogP contribution in [0.3, 0.4) is 0 Å². The van der Waals surface area contributed by atoms with Crippen LogP contribution in [0.2, 0.25) is 0 Å². The molecule has 1 aromatic carbocycles. The van der Waals surface area contributed by atoms with E-state index in [4.69, 9.17) is 5.11 Å². The predicted octanol–water partition coefficient (Wildman–Crippen LogP) is 2.46. The van der Waals surface area contributed by atoms with Crippen LogP contribution in [0.15, 0.2) is 41.8 Å². The Morgan fingerprint density at radius 3 is 2.61 bits per heavy atom. The normalized spacial score (nSPS) is 10.3. The lowest BCUT2D eigenvalue weighted by molar-refractivity contribution is -0.115. The van der Waals surface area contributed by atoms with Gasteiger partial charge in [-0.3, -0.25) is 4.79 Å². The third-order valence-corrected chi connectivity index (χ3v) is 3.43. The number of benzene rings is 1. The number of aliphatic hydroxyl groups excluding tert-OH is 1. The Bertz CT molecular complexity index is 491. The molecule has 0 fully saturated rings. The number of carbonyl (C=O) groups is 1. The Hall–Kier alpha value is -1.65. The van der Waals surface area contributed by atoms with Crippen molar-refractivity contribution in [2.24, 2.45) is 0 Å². The van der Waals surface area contributed by atoms with Crippen LogP contribution < -0.4 is 5.32 Å². The standard InChI is InChI=1S/C14H15NO2S/c16-8-7-11-3-5-12(6-4-11)15-14(17)10-13-2-1-9-18-13/h1-6,9,16H,7-8,10H2,(H,15,17). The van der Waals surface area contributed by atoms with Gasteiger partial charge in [-0.05, 0) is 35.6 Å².